The number of methoxy groups -OCH3 is 1. The summed E-state index contributed by atoms with van der Waals surface area (Å²) < 4.78 is 6.55. The summed E-state index contributed by atoms with van der Waals surface area (Å²) in [6.45, 7) is 1.72. The van der Waals surface area contributed by atoms with Crippen molar-refractivity contribution >= 4 is 33.0 Å². The smallest absolute Gasteiger partial charge is 0.141 e. The van der Waals surface area contributed by atoms with Crippen LogP contribution in [0.4, 0.5) is 5.69 Å². The van der Waals surface area contributed by atoms with Crippen LogP contribution >= 0.6 is 27.3 Å². The van der Waals surface area contributed by atoms with Crippen molar-refractivity contribution in [2.45, 2.75) is 13.1 Å². The Bertz CT molecular complexity index is 569. The van der Waals surface area contributed by atoms with Gasteiger partial charge >= 0.3 is 0 Å². The third-order valence-electron chi connectivity index (χ3n) is 2.84. The summed E-state index contributed by atoms with van der Waals surface area (Å²) in [7, 11) is 5.84. The number of anilines is 1. The van der Waals surface area contributed by atoms with E-state index in [9.17, 15) is 0 Å². The molecule has 2 rings (SSSR count). The molecule has 2 aromatic rings. The van der Waals surface area contributed by atoms with Crippen LogP contribution in [0.1, 0.15) is 10.4 Å². The summed E-state index contributed by atoms with van der Waals surface area (Å²) >= 11 is 5.22. The minimum atomic E-state index is 0.804. The summed E-state index contributed by atoms with van der Waals surface area (Å²) in [6, 6.07) is 8.41. The molecule has 0 bridgehead atoms. The molecule has 20 heavy (non-hydrogen) atoms. The molecule has 0 atom stereocenters. The van der Waals surface area contributed by atoms with Gasteiger partial charge in [0.05, 0.1) is 12.8 Å². The first kappa shape index (κ1) is 15.4. The van der Waals surface area contributed by atoms with E-state index in [4.69, 9.17) is 4.74 Å². The number of benzene rings is 1. The van der Waals surface area contributed by atoms with E-state index in [0.29, 0.717) is 0 Å². The van der Waals surface area contributed by atoms with E-state index in [-0.39, 0.29) is 0 Å². The fourth-order valence-corrected chi connectivity index (χ4v) is 3.38. The minimum Gasteiger partial charge on any atom is -0.495 e. The van der Waals surface area contributed by atoms with Gasteiger partial charge in [0, 0.05) is 27.8 Å². The van der Waals surface area contributed by atoms with Gasteiger partial charge in [-0.3, -0.25) is 0 Å². The molecule has 108 valence electrons. The highest BCUT2D eigenvalue weighted by Gasteiger charge is 2.06. The van der Waals surface area contributed by atoms with Gasteiger partial charge in [0.25, 0.3) is 0 Å². The third kappa shape index (κ3) is 4.23. The molecule has 1 aromatic carbocycles. The van der Waals surface area contributed by atoms with Crippen LogP contribution in [-0.2, 0) is 13.1 Å². The maximum absolute atomic E-state index is 5.42. The summed E-state index contributed by atoms with van der Waals surface area (Å²) in [6.07, 6.45) is 0. The molecule has 1 N–H and O–H groups in total. The molecule has 0 fully saturated rings. The molecule has 0 aliphatic carbocycles. The zero-order chi connectivity index (χ0) is 14.5. The van der Waals surface area contributed by atoms with Crippen LogP contribution in [0.25, 0.3) is 0 Å². The van der Waals surface area contributed by atoms with Crippen LogP contribution in [0, 0.1) is 0 Å². The van der Waals surface area contributed by atoms with Crippen LogP contribution in [-0.4, -0.2) is 26.1 Å². The maximum Gasteiger partial charge on any atom is 0.141 e. The Balaban J connectivity index is 2.11. The normalized spacial score (nSPS) is 10.8. The number of halogens is 1. The topological polar surface area (TPSA) is 24.5 Å². The van der Waals surface area contributed by atoms with E-state index in [0.717, 1.165) is 29.0 Å². The maximum atomic E-state index is 5.42. The fraction of sp³-hybridized carbons (Fsp3) is 0.333. The monoisotopic (exact) mass is 354 g/mol. The average Bonchev–Trinajstić information content (AvgIpc) is 2.82. The first-order chi connectivity index (χ1) is 9.58. The van der Waals surface area contributed by atoms with Crippen molar-refractivity contribution in [1.82, 2.24) is 4.90 Å². The van der Waals surface area contributed by atoms with Crippen LogP contribution in [0.3, 0.4) is 0 Å². The van der Waals surface area contributed by atoms with Crippen LogP contribution in [0.2, 0.25) is 0 Å². The van der Waals surface area contributed by atoms with Gasteiger partial charge in [-0.2, -0.15) is 0 Å². The molecule has 0 saturated carbocycles. The highest BCUT2D eigenvalue weighted by atomic mass is 79.9. The van der Waals surface area contributed by atoms with Crippen LogP contribution < -0.4 is 10.1 Å². The van der Waals surface area contributed by atoms with Gasteiger partial charge in [0.15, 0.2) is 0 Å². The number of nitrogens with zero attached hydrogens (tertiary/aromatic N) is 1. The van der Waals surface area contributed by atoms with Gasteiger partial charge in [-0.05, 0) is 53.8 Å². The fourth-order valence-electron chi connectivity index (χ4n) is 1.99. The van der Waals surface area contributed by atoms with Gasteiger partial charge < -0.3 is 15.0 Å². The SMILES string of the molecule is COc1ccc(CN(C)C)cc1NCc1cc(Br)cs1. The quantitative estimate of drug-likeness (QED) is 0.841. The molecule has 1 heterocycles. The molecule has 0 unspecified atom stereocenters. The molecule has 0 amide bonds. The second kappa shape index (κ2) is 7.11. The standard InChI is InChI=1S/C15H19BrN2OS/c1-18(2)9-11-4-5-15(19-3)14(6-11)17-8-13-7-12(16)10-20-13/h4-7,10,17H,8-9H2,1-3H3. The van der Waals surface area contributed by atoms with Gasteiger partial charge in [0.1, 0.15) is 5.75 Å². The van der Waals surface area contributed by atoms with Gasteiger partial charge in [-0.15, -0.1) is 11.3 Å². The van der Waals surface area contributed by atoms with E-state index in [1.54, 1.807) is 18.4 Å². The molecule has 0 spiro atoms. The Morgan fingerprint density at radius 2 is 2.10 bits per heavy atom. The van der Waals surface area contributed by atoms with Crippen molar-refractivity contribution in [1.29, 1.82) is 0 Å². The van der Waals surface area contributed by atoms with E-state index in [1.807, 2.05) is 6.07 Å². The number of thiophene rings is 1. The van der Waals surface area contributed by atoms with E-state index >= 15 is 0 Å². The number of hydrogen-bond donors (Lipinski definition) is 1. The predicted octanol–water partition coefficient (Wildman–Crippen LogP) is 4.19. The summed E-state index contributed by atoms with van der Waals surface area (Å²) in [5.74, 6) is 0.878. The lowest BCUT2D eigenvalue weighted by Crippen LogP contribution is -2.11. The van der Waals surface area contributed by atoms with Crippen molar-refractivity contribution in [3.63, 3.8) is 0 Å². The van der Waals surface area contributed by atoms with E-state index < -0.39 is 0 Å². The van der Waals surface area contributed by atoms with Gasteiger partial charge in [0.2, 0.25) is 0 Å². The van der Waals surface area contributed by atoms with E-state index in [2.05, 4.69) is 63.8 Å². The lowest BCUT2D eigenvalue weighted by atomic mass is 10.1. The van der Waals surface area contributed by atoms with Crippen molar-refractivity contribution in [2.75, 3.05) is 26.5 Å². The zero-order valence-electron chi connectivity index (χ0n) is 11.9. The molecular formula is C15H19BrN2OS. The first-order valence-electron chi connectivity index (χ1n) is 6.37. The minimum absolute atomic E-state index is 0.804. The molecule has 0 saturated heterocycles. The van der Waals surface area contributed by atoms with Crippen molar-refractivity contribution in [2.24, 2.45) is 0 Å². The highest BCUT2D eigenvalue weighted by Crippen LogP contribution is 2.27. The number of nitrogens with one attached hydrogen (secondary N) is 1. The van der Waals surface area contributed by atoms with Crippen LogP contribution in [0.15, 0.2) is 34.1 Å². The molecule has 0 aliphatic heterocycles. The lowest BCUT2D eigenvalue weighted by molar-refractivity contribution is 0.400. The van der Waals surface area contributed by atoms with Crippen molar-refractivity contribution in [3.05, 3.63) is 44.6 Å². The number of ether oxygens (including phenoxy) is 1. The van der Waals surface area contributed by atoms with Gasteiger partial charge in [-0.1, -0.05) is 6.07 Å². The number of rotatable bonds is 6. The lowest BCUT2D eigenvalue weighted by Gasteiger charge is -2.14. The largest absolute Gasteiger partial charge is 0.495 e. The predicted molar refractivity (Wildman–Crippen MR) is 89.7 cm³/mol. The third-order valence-corrected chi connectivity index (χ3v) is 4.54. The molecule has 1 aromatic heterocycles. The van der Waals surface area contributed by atoms with Gasteiger partial charge in [-0.25, -0.2) is 0 Å². The van der Waals surface area contributed by atoms with Crippen molar-refractivity contribution in [3.8, 4) is 5.75 Å². The molecule has 3 nitrogen and oxygen atoms in total. The molecule has 0 aliphatic rings. The Kier molecular flexibility index (Phi) is 5.46. The zero-order valence-corrected chi connectivity index (χ0v) is 14.3. The summed E-state index contributed by atoms with van der Waals surface area (Å²) in [5.41, 5.74) is 2.31. The Hall–Kier alpha value is -1.04. The highest BCUT2D eigenvalue weighted by molar-refractivity contribution is 9.10. The Morgan fingerprint density at radius 3 is 2.70 bits per heavy atom. The van der Waals surface area contributed by atoms with E-state index in [1.165, 1.54) is 10.4 Å². The molecular weight excluding hydrogens is 336 g/mol. The summed E-state index contributed by atoms with van der Waals surface area (Å²) in [4.78, 5) is 3.44. The number of hydrogen-bond acceptors (Lipinski definition) is 4. The van der Waals surface area contributed by atoms with Crippen LogP contribution in [0.5, 0.6) is 5.75 Å². The second-order valence-corrected chi connectivity index (χ2v) is 6.77. The Morgan fingerprint density at radius 1 is 1.30 bits per heavy atom. The molecule has 5 heteroatoms. The molecule has 0 radical (unpaired) electrons. The van der Waals surface area contributed by atoms with Crippen molar-refractivity contribution < 1.29 is 4.74 Å². The summed E-state index contributed by atoms with van der Waals surface area (Å²) in [5, 5.41) is 5.55. The first-order valence-corrected chi connectivity index (χ1v) is 8.04. The average molecular weight is 355 g/mol. The second-order valence-electron chi connectivity index (χ2n) is 4.86. The Labute approximate surface area is 132 Å².